The summed E-state index contributed by atoms with van der Waals surface area (Å²) in [4.78, 5) is 2.00. The summed E-state index contributed by atoms with van der Waals surface area (Å²) in [5, 5.41) is 3.93. The minimum absolute atomic E-state index is 0.0337. The second kappa shape index (κ2) is 4.93. The van der Waals surface area contributed by atoms with Crippen LogP contribution in [0.15, 0.2) is 42.5 Å². The predicted molar refractivity (Wildman–Crippen MR) is 92.2 cm³/mol. The van der Waals surface area contributed by atoms with Gasteiger partial charge in [-0.3, -0.25) is 4.90 Å². The van der Waals surface area contributed by atoms with Crippen molar-refractivity contribution >= 4 is 23.0 Å². The van der Waals surface area contributed by atoms with Crippen molar-refractivity contribution in [2.24, 2.45) is 0 Å². The Morgan fingerprint density at radius 3 is 2.74 bits per heavy atom. The van der Waals surface area contributed by atoms with Crippen LogP contribution in [0.5, 0.6) is 5.75 Å². The Hall–Kier alpha value is -2.14. The molecule has 2 aliphatic rings. The predicted octanol–water partition coefficient (Wildman–Crippen LogP) is 4.07. The van der Waals surface area contributed by atoms with Crippen molar-refractivity contribution < 1.29 is 9.13 Å². The summed E-state index contributed by atoms with van der Waals surface area (Å²) in [6.07, 6.45) is 0.692. The van der Waals surface area contributed by atoms with Crippen molar-refractivity contribution in [3.8, 4) is 5.75 Å². The quantitative estimate of drug-likeness (QED) is 0.798. The second-order valence-electron chi connectivity index (χ2n) is 6.34. The zero-order valence-electron chi connectivity index (χ0n) is 13.0. The molecule has 2 aromatic carbocycles. The second-order valence-corrected chi connectivity index (χ2v) is 6.72. The molecule has 0 aliphatic carbocycles. The van der Waals surface area contributed by atoms with E-state index < -0.39 is 5.72 Å². The molecule has 1 saturated heterocycles. The van der Waals surface area contributed by atoms with E-state index in [9.17, 15) is 4.39 Å². The van der Waals surface area contributed by atoms with Gasteiger partial charge >= 0.3 is 0 Å². The van der Waals surface area contributed by atoms with E-state index in [1.54, 1.807) is 6.07 Å². The van der Waals surface area contributed by atoms with Gasteiger partial charge in [0.25, 0.3) is 0 Å². The van der Waals surface area contributed by atoms with Gasteiger partial charge in [0, 0.05) is 17.7 Å². The minimum atomic E-state index is -0.590. The Morgan fingerprint density at radius 1 is 1.26 bits per heavy atom. The Kier molecular flexibility index (Phi) is 3.10. The molecular weight excluding hydrogens is 311 g/mol. The van der Waals surface area contributed by atoms with E-state index in [0.717, 1.165) is 11.3 Å². The molecule has 0 aromatic heterocycles. The Balaban J connectivity index is 1.79. The molecule has 0 amide bonds. The smallest absolute Gasteiger partial charge is 0.188 e. The van der Waals surface area contributed by atoms with Gasteiger partial charge in [-0.2, -0.15) is 0 Å². The highest BCUT2D eigenvalue weighted by Crippen LogP contribution is 2.45. The number of hydrogen-bond acceptors (Lipinski definition) is 2. The van der Waals surface area contributed by atoms with Gasteiger partial charge in [0.05, 0.1) is 6.04 Å². The maximum atomic E-state index is 13.6. The first-order valence-electron chi connectivity index (χ1n) is 7.62. The van der Waals surface area contributed by atoms with Crippen molar-refractivity contribution in [3.63, 3.8) is 0 Å². The molecule has 0 unspecified atom stereocenters. The van der Waals surface area contributed by atoms with Crippen molar-refractivity contribution in [3.05, 3.63) is 59.4 Å². The van der Waals surface area contributed by atoms with Crippen LogP contribution in [0.2, 0.25) is 0 Å². The number of nitrogens with one attached hydrogen (secondary N) is 1. The number of halogens is 1. The number of ether oxygens (including phenoxy) is 1. The van der Waals surface area contributed by atoms with E-state index in [-0.39, 0.29) is 11.9 Å². The summed E-state index contributed by atoms with van der Waals surface area (Å²) in [5.74, 6) is 0.446. The topological polar surface area (TPSA) is 24.5 Å². The number of aryl methyl sites for hydroxylation is 1. The highest BCUT2D eigenvalue weighted by atomic mass is 32.1. The van der Waals surface area contributed by atoms with Gasteiger partial charge in [0.2, 0.25) is 0 Å². The fourth-order valence-corrected chi connectivity index (χ4v) is 3.87. The zero-order chi connectivity index (χ0) is 16.2. The van der Waals surface area contributed by atoms with Gasteiger partial charge in [-0.05, 0) is 56.4 Å². The Morgan fingerprint density at radius 2 is 2.00 bits per heavy atom. The molecule has 2 aromatic rings. The third kappa shape index (κ3) is 2.27. The number of anilines is 1. The highest BCUT2D eigenvalue weighted by Gasteiger charge is 2.48. The summed E-state index contributed by atoms with van der Waals surface area (Å²) in [7, 11) is 0. The van der Waals surface area contributed by atoms with Crippen LogP contribution >= 0.6 is 12.2 Å². The van der Waals surface area contributed by atoms with Crippen LogP contribution in [0.25, 0.3) is 0 Å². The van der Waals surface area contributed by atoms with Gasteiger partial charge < -0.3 is 10.1 Å². The molecule has 4 rings (SSSR count). The normalized spacial score (nSPS) is 25.4. The summed E-state index contributed by atoms with van der Waals surface area (Å²) < 4.78 is 19.8. The summed E-state index contributed by atoms with van der Waals surface area (Å²) in [6.45, 7) is 4.08. The molecule has 0 spiro atoms. The fraction of sp³-hybridized carbons (Fsp3) is 0.278. The van der Waals surface area contributed by atoms with Crippen molar-refractivity contribution in [1.29, 1.82) is 0 Å². The van der Waals surface area contributed by atoms with Crippen LogP contribution in [0.4, 0.5) is 10.1 Å². The summed E-state index contributed by atoms with van der Waals surface area (Å²) in [5.41, 5.74) is 2.42. The number of rotatable bonds is 1. The number of thiocarbonyl (C=S) groups is 1. The Labute approximate surface area is 140 Å². The monoisotopic (exact) mass is 328 g/mol. The summed E-state index contributed by atoms with van der Waals surface area (Å²) in [6, 6.07) is 12.8. The first-order valence-corrected chi connectivity index (χ1v) is 8.03. The molecule has 23 heavy (non-hydrogen) atoms. The largest absolute Gasteiger partial charge is 0.467 e. The lowest BCUT2D eigenvalue weighted by atomic mass is 9.90. The van der Waals surface area contributed by atoms with E-state index in [1.165, 1.54) is 17.7 Å². The van der Waals surface area contributed by atoms with Crippen LogP contribution in [-0.4, -0.2) is 10.8 Å². The first-order chi connectivity index (χ1) is 11.0. The SMILES string of the molecule is Cc1ccc(N2C(=S)N[C@H]3C[C@]2(C)Oc2ccc(F)cc23)cc1. The van der Waals surface area contributed by atoms with Gasteiger partial charge in [0.15, 0.2) is 10.8 Å². The average molecular weight is 328 g/mol. The average Bonchev–Trinajstić information content (AvgIpc) is 2.49. The number of benzene rings is 2. The molecule has 0 saturated carbocycles. The maximum Gasteiger partial charge on any atom is 0.188 e. The van der Waals surface area contributed by atoms with Crippen molar-refractivity contribution in [2.75, 3.05) is 4.90 Å². The molecule has 2 heterocycles. The third-order valence-corrected chi connectivity index (χ3v) is 4.83. The van der Waals surface area contributed by atoms with Gasteiger partial charge in [-0.1, -0.05) is 17.7 Å². The molecular formula is C18H17FN2OS. The molecule has 2 bridgehead atoms. The number of nitrogens with zero attached hydrogens (tertiary/aromatic N) is 1. The summed E-state index contributed by atoms with van der Waals surface area (Å²) >= 11 is 5.57. The van der Waals surface area contributed by atoms with Gasteiger partial charge in [-0.15, -0.1) is 0 Å². The van der Waals surface area contributed by atoms with Gasteiger partial charge in [-0.25, -0.2) is 4.39 Å². The zero-order valence-corrected chi connectivity index (χ0v) is 13.8. The fourth-order valence-electron chi connectivity index (χ4n) is 3.43. The number of hydrogen-bond donors (Lipinski definition) is 1. The number of fused-ring (bicyclic) bond motifs is 4. The lowest BCUT2D eigenvalue weighted by Crippen LogP contribution is -2.65. The molecule has 1 fully saturated rings. The van der Waals surface area contributed by atoms with Crippen molar-refractivity contribution in [1.82, 2.24) is 5.32 Å². The third-order valence-electron chi connectivity index (χ3n) is 4.53. The molecule has 2 atom stereocenters. The molecule has 0 radical (unpaired) electrons. The first kappa shape index (κ1) is 14.5. The van der Waals surface area contributed by atoms with Crippen LogP contribution in [0.1, 0.15) is 30.5 Å². The molecule has 118 valence electrons. The maximum absolute atomic E-state index is 13.6. The Bertz CT molecular complexity index is 792. The highest BCUT2D eigenvalue weighted by molar-refractivity contribution is 7.80. The molecule has 5 heteroatoms. The van der Waals surface area contributed by atoms with Crippen LogP contribution in [0.3, 0.4) is 0 Å². The molecule has 2 aliphatic heterocycles. The lowest BCUT2D eigenvalue weighted by molar-refractivity contribution is 0.0495. The molecule has 1 N–H and O–H groups in total. The van der Waals surface area contributed by atoms with E-state index in [1.807, 2.05) is 24.0 Å². The van der Waals surface area contributed by atoms with Crippen molar-refractivity contribution in [2.45, 2.75) is 32.0 Å². The van der Waals surface area contributed by atoms with E-state index >= 15 is 0 Å². The van der Waals surface area contributed by atoms with Gasteiger partial charge in [0.1, 0.15) is 11.6 Å². The standard InChI is InChI=1S/C18H17FN2OS/c1-11-3-6-13(7-4-11)21-17(23)20-15-10-18(21,2)22-16-8-5-12(19)9-14(15)16/h3-9,15H,10H2,1-2H3,(H,20,23)/t15-,18-/m0/s1. The lowest BCUT2D eigenvalue weighted by Gasteiger charge is -2.52. The molecule has 3 nitrogen and oxygen atoms in total. The van der Waals surface area contributed by atoms with Crippen LogP contribution in [0, 0.1) is 12.7 Å². The van der Waals surface area contributed by atoms with Crippen LogP contribution in [-0.2, 0) is 0 Å². The minimum Gasteiger partial charge on any atom is -0.467 e. The van der Waals surface area contributed by atoms with E-state index in [4.69, 9.17) is 17.0 Å². The van der Waals surface area contributed by atoms with Crippen LogP contribution < -0.4 is 15.0 Å². The van der Waals surface area contributed by atoms with E-state index in [2.05, 4.69) is 24.4 Å². The van der Waals surface area contributed by atoms with E-state index in [0.29, 0.717) is 17.3 Å².